The second-order valence-corrected chi connectivity index (χ2v) is 3.58. The van der Waals surface area contributed by atoms with Crippen LogP contribution in [0, 0.1) is 0 Å². The molecule has 15 heavy (non-hydrogen) atoms. The van der Waals surface area contributed by atoms with Crippen LogP contribution in [0.3, 0.4) is 0 Å². The minimum absolute atomic E-state index is 0.431. The molecule has 2 rings (SSSR count). The number of benzene rings is 1. The topological polar surface area (TPSA) is 61.6 Å². The lowest BCUT2D eigenvalue weighted by Gasteiger charge is -2.22. The van der Waals surface area contributed by atoms with Crippen LogP contribution < -0.4 is 5.73 Å². The molecular formula is C11H13NO3. The first-order valence-electron chi connectivity index (χ1n) is 4.80. The third kappa shape index (κ3) is 1.86. The second-order valence-electron chi connectivity index (χ2n) is 3.58. The lowest BCUT2D eigenvalue weighted by atomic mass is 10.1. The molecular weight excluding hydrogens is 194 g/mol. The van der Waals surface area contributed by atoms with Crippen LogP contribution in [0.1, 0.15) is 22.8 Å². The highest BCUT2D eigenvalue weighted by atomic mass is 16.7. The number of primary amides is 1. The van der Waals surface area contributed by atoms with Gasteiger partial charge in [-0.05, 0) is 19.1 Å². The van der Waals surface area contributed by atoms with Crippen molar-refractivity contribution in [2.24, 2.45) is 5.73 Å². The maximum absolute atomic E-state index is 10.9. The predicted octanol–water partition coefficient (Wildman–Crippen LogP) is 1.01. The van der Waals surface area contributed by atoms with Crippen LogP contribution >= 0.6 is 0 Å². The van der Waals surface area contributed by atoms with Gasteiger partial charge in [-0.3, -0.25) is 4.79 Å². The Morgan fingerprint density at radius 1 is 1.27 bits per heavy atom. The monoisotopic (exact) mass is 207 g/mol. The zero-order valence-corrected chi connectivity index (χ0v) is 8.53. The number of hydrogen-bond acceptors (Lipinski definition) is 3. The Hall–Kier alpha value is -1.39. The van der Waals surface area contributed by atoms with Gasteiger partial charge >= 0.3 is 0 Å². The van der Waals surface area contributed by atoms with Crippen molar-refractivity contribution in [3.63, 3.8) is 0 Å². The van der Waals surface area contributed by atoms with E-state index < -0.39 is 11.7 Å². The van der Waals surface area contributed by atoms with Crippen LogP contribution in [-0.4, -0.2) is 19.1 Å². The van der Waals surface area contributed by atoms with E-state index in [4.69, 9.17) is 15.2 Å². The zero-order chi connectivity index (χ0) is 10.9. The normalized spacial score (nSPS) is 19.0. The van der Waals surface area contributed by atoms with Gasteiger partial charge in [-0.25, -0.2) is 0 Å². The van der Waals surface area contributed by atoms with Crippen LogP contribution in [-0.2, 0) is 15.3 Å². The predicted molar refractivity (Wildman–Crippen MR) is 54.2 cm³/mol. The Balaban J connectivity index is 2.26. The van der Waals surface area contributed by atoms with Gasteiger partial charge in [0.1, 0.15) is 0 Å². The molecule has 80 valence electrons. The summed E-state index contributed by atoms with van der Waals surface area (Å²) in [5.74, 6) is -1.11. The molecule has 0 unspecified atom stereocenters. The summed E-state index contributed by atoms with van der Waals surface area (Å²) in [6.07, 6.45) is 0. The van der Waals surface area contributed by atoms with E-state index in [2.05, 4.69) is 0 Å². The van der Waals surface area contributed by atoms with Gasteiger partial charge in [-0.1, -0.05) is 12.1 Å². The maximum Gasteiger partial charge on any atom is 0.248 e. The minimum Gasteiger partial charge on any atom is -0.366 e. The molecule has 1 aromatic rings. The van der Waals surface area contributed by atoms with Gasteiger partial charge in [0.25, 0.3) is 0 Å². The fourth-order valence-corrected chi connectivity index (χ4v) is 1.62. The highest BCUT2D eigenvalue weighted by Gasteiger charge is 2.32. The highest BCUT2D eigenvalue weighted by molar-refractivity contribution is 5.92. The average molecular weight is 207 g/mol. The van der Waals surface area contributed by atoms with Crippen LogP contribution in [0.15, 0.2) is 24.3 Å². The van der Waals surface area contributed by atoms with Gasteiger partial charge < -0.3 is 15.2 Å². The molecule has 1 fully saturated rings. The van der Waals surface area contributed by atoms with E-state index in [-0.39, 0.29) is 0 Å². The summed E-state index contributed by atoms with van der Waals surface area (Å²) in [5.41, 5.74) is 6.53. The molecule has 4 heteroatoms. The first kappa shape index (κ1) is 10.1. The molecule has 1 aromatic carbocycles. The Morgan fingerprint density at radius 2 is 1.80 bits per heavy atom. The lowest BCUT2D eigenvalue weighted by Crippen LogP contribution is -2.22. The molecule has 2 N–H and O–H groups in total. The largest absolute Gasteiger partial charge is 0.366 e. The van der Waals surface area contributed by atoms with E-state index in [0.29, 0.717) is 18.8 Å². The number of hydrogen-bond donors (Lipinski definition) is 1. The van der Waals surface area contributed by atoms with Crippen molar-refractivity contribution < 1.29 is 14.3 Å². The summed E-state index contributed by atoms with van der Waals surface area (Å²) in [6.45, 7) is 3.04. The fourth-order valence-electron chi connectivity index (χ4n) is 1.62. The van der Waals surface area contributed by atoms with Crippen LogP contribution in [0.5, 0.6) is 0 Å². The van der Waals surface area contributed by atoms with Crippen molar-refractivity contribution >= 4 is 5.91 Å². The Kier molecular flexibility index (Phi) is 2.46. The van der Waals surface area contributed by atoms with Gasteiger partial charge in [-0.15, -0.1) is 0 Å². The molecule has 4 nitrogen and oxygen atoms in total. The first-order valence-corrected chi connectivity index (χ1v) is 4.80. The van der Waals surface area contributed by atoms with E-state index in [1.54, 1.807) is 24.3 Å². The molecule has 0 atom stereocenters. The summed E-state index contributed by atoms with van der Waals surface area (Å²) in [7, 11) is 0. The summed E-state index contributed by atoms with van der Waals surface area (Å²) in [4.78, 5) is 10.9. The van der Waals surface area contributed by atoms with E-state index in [9.17, 15) is 4.79 Å². The summed E-state index contributed by atoms with van der Waals surface area (Å²) < 4.78 is 11.0. The zero-order valence-electron chi connectivity index (χ0n) is 8.53. The van der Waals surface area contributed by atoms with Gasteiger partial charge in [-0.2, -0.15) is 0 Å². The number of carbonyl (C=O) groups excluding carboxylic acids is 1. The van der Waals surface area contributed by atoms with Gasteiger partial charge in [0.2, 0.25) is 5.91 Å². The third-order valence-electron chi connectivity index (χ3n) is 2.53. The van der Waals surface area contributed by atoms with Gasteiger partial charge in [0.05, 0.1) is 13.2 Å². The molecule has 1 aliphatic rings. The van der Waals surface area contributed by atoms with Crippen molar-refractivity contribution in [1.82, 2.24) is 0 Å². The van der Waals surface area contributed by atoms with E-state index in [1.807, 2.05) is 6.92 Å². The lowest BCUT2D eigenvalue weighted by molar-refractivity contribution is -0.149. The van der Waals surface area contributed by atoms with Crippen LogP contribution in [0.4, 0.5) is 0 Å². The summed E-state index contributed by atoms with van der Waals surface area (Å²) in [6, 6.07) is 6.94. The minimum atomic E-state index is -0.684. The van der Waals surface area contributed by atoms with Crippen molar-refractivity contribution in [2.45, 2.75) is 12.7 Å². The van der Waals surface area contributed by atoms with Crippen LogP contribution in [0.25, 0.3) is 0 Å². The molecule has 0 aromatic heterocycles. The molecule has 0 radical (unpaired) electrons. The van der Waals surface area contributed by atoms with E-state index in [1.165, 1.54) is 0 Å². The summed E-state index contributed by atoms with van der Waals surface area (Å²) >= 11 is 0. The quantitative estimate of drug-likeness (QED) is 0.787. The fraction of sp³-hybridized carbons (Fsp3) is 0.364. The van der Waals surface area contributed by atoms with Crippen LogP contribution in [0.2, 0.25) is 0 Å². The van der Waals surface area contributed by atoms with Gasteiger partial charge in [0.15, 0.2) is 5.79 Å². The smallest absolute Gasteiger partial charge is 0.248 e. The average Bonchev–Trinajstić information content (AvgIpc) is 2.67. The number of ether oxygens (including phenoxy) is 2. The van der Waals surface area contributed by atoms with E-state index in [0.717, 1.165) is 5.56 Å². The third-order valence-corrected chi connectivity index (χ3v) is 2.53. The maximum atomic E-state index is 10.9. The molecule has 0 aliphatic carbocycles. The Bertz CT molecular complexity index is 366. The van der Waals surface area contributed by atoms with Crippen molar-refractivity contribution in [1.29, 1.82) is 0 Å². The Morgan fingerprint density at radius 3 is 2.27 bits per heavy atom. The first-order chi connectivity index (χ1) is 7.12. The summed E-state index contributed by atoms with van der Waals surface area (Å²) in [5, 5.41) is 0. The molecule has 0 spiro atoms. The van der Waals surface area contributed by atoms with Gasteiger partial charge in [0, 0.05) is 11.1 Å². The molecule has 0 saturated carbocycles. The van der Waals surface area contributed by atoms with Crippen molar-refractivity contribution in [2.75, 3.05) is 13.2 Å². The molecule has 0 bridgehead atoms. The second kappa shape index (κ2) is 3.64. The number of amides is 1. The molecule has 1 heterocycles. The molecule has 1 saturated heterocycles. The van der Waals surface area contributed by atoms with E-state index >= 15 is 0 Å². The number of carbonyl (C=O) groups is 1. The SMILES string of the molecule is CC1(c2ccc(C(N)=O)cc2)OCCO1. The molecule has 1 aliphatic heterocycles. The molecule has 1 amide bonds. The van der Waals surface area contributed by atoms with Crippen molar-refractivity contribution in [3.8, 4) is 0 Å². The highest BCUT2D eigenvalue weighted by Crippen LogP contribution is 2.30. The number of rotatable bonds is 2. The van der Waals surface area contributed by atoms with Crippen molar-refractivity contribution in [3.05, 3.63) is 35.4 Å². The Labute approximate surface area is 88.0 Å². The standard InChI is InChI=1S/C11H13NO3/c1-11(14-6-7-15-11)9-4-2-8(3-5-9)10(12)13/h2-5H,6-7H2,1H3,(H2,12,13). The number of nitrogens with two attached hydrogens (primary N) is 1.